The lowest BCUT2D eigenvalue weighted by molar-refractivity contribution is -0.136. The quantitative estimate of drug-likeness (QED) is 0.618. The standard InChI is InChI=1S/C20H36N4O2S/c1-16(2)5-9-24-19(26)23(13-12-21(3)4)18(25)20(24)7-10-22(11-8-20)17-6-14-27-15-17/h16-17H,5-15H2,1-4H3/t17-/m1/s1. The minimum absolute atomic E-state index is 0.0542. The third-order valence-corrected chi connectivity index (χ3v) is 7.51. The fourth-order valence-corrected chi connectivity index (χ4v) is 5.78. The van der Waals surface area contributed by atoms with Gasteiger partial charge >= 0.3 is 6.03 Å². The second-order valence-corrected chi connectivity index (χ2v) is 10.1. The van der Waals surface area contributed by atoms with Gasteiger partial charge in [0, 0.05) is 44.5 Å². The summed E-state index contributed by atoms with van der Waals surface area (Å²) in [4.78, 5) is 34.6. The molecular weight excluding hydrogens is 360 g/mol. The second-order valence-electron chi connectivity index (χ2n) is 8.96. The van der Waals surface area contributed by atoms with Gasteiger partial charge in [-0.2, -0.15) is 11.8 Å². The van der Waals surface area contributed by atoms with Gasteiger partial charge < -0.3 is 9.80 Å². The van der Waals surface area contributed by atoms with Crippen molar-refractivity contribution in [2.75, 3.05) is 58.3 Å². The predicted octanol–water partition coefficient (Wildman–Crippen LogP) is 2.20. The Morgan fingerprint density at radius 3 is 2.44 bits per heavy atom. The van der Waals surface area contributed by atoms with Crippen LogP contribution in [0.3, 0.4) is 0 Å². The van der Waals surface area contributed by atoms with Crippen molar-refractivity contribution in [3.05, 3.63) is 0 Å². The molecule has 0 saturated carbocycles. The van der Waals surface area contributed by atoms with Crippen LogP contribution in [-0.2, 0) is 4.79 Å². The first-order chi connectivity index (χ1) is 12.8. The summed E-state index contributed by atoms with van der Waals surface area (Å²) >= 11 is 2.04. The molecule has 3 rings (SSSR count). The van der Waals surface area contributed by atoms with Crippen molar-refractivity contribution < 1.29 is 9.59 Å². The van der Waals surface area contributed by atoms with Gasteiger partial charge in [-0.05, 0) is 51.4 Å². The summed E-state index contributed by atoms with van der Waals surface area (Å²) in [7, 11) is 3.96. The number of hydrogen-bond acceptors (Lipinski definition) is 5. The van der Waals surface area contributed by atoms with E-state index >= 15 is 0 Å². The SMILES string of the molecule is CC(C)CCN1C(=O)N(CCN(C)C)C(=O)C12CCN([C@@H]1CCSC1)CC2. The van der Waals surface area contributed by atoms with Gasteiger partial charge in [0.05, 0.1) is 0 Å². The fraction of sp³-hybridized carbons (Fsp3) is 0.900. The van der Waals surface area contributed by atoms with Crippen molar-refractivity contribution in [1.29, 1.82) is 0 Å². The zero-order valence-electron chi connectivity index (χ0n) is 17.4. The summed E-state index contributed by atoms with van der Waals surface area (Å²) in [6.07, 6.45) is 3.78. The molecule has 3 aliphatic heterocycles. The first-order valence-corrected chi connectivity index (χ1v) is 11.6. The molecule has 0 aromatic carbocycles. The molecule has 0 radical (unpaired) electrons. The molecule has 1 spiro atoms. The van der Waals surface area contributed by atoms with Crippen LogP contribution in [0.15, 0.2) is 0 Å². The molecule has 3 heterocycles. The van der Waals surface area contributed by atoms with Gasteiger partial charge in [-0.1, -0.05) is 13.8 Å². The monoisotopic (exact) mass is 396 g/mol. The summed E-state index contributed by atoms with van der Waals surface area (Å²) in [5, 5.41) is 0. The highest BCUT2D eigenvalue weighted by Gasteiger charge is 2.57. The number of nitrogens with zero attached hydrogens (tertiary/aromatic N) is 4. The molecular formula is C20H36N4O2S. The molecule has 3 amide bonds. The van der Waals surface area contributed by atoms with E-state index in [1.54, 1.807) is 0 Å². The van der Waals surface area contributed by atoms with Gasteiger partial charge in [0.2, 0.25) is 0 Å². The number of carbonyl (C=O) groups excluding carboxylic acids is 2. The van der Waals surface area contributed by atoms with Crippen LogP contribution in [0.4, 0.5) is 4.79 Å². The summed E-state index contributed by atoms with van der Waals surface area (Å²) < 4.78 is 0. The zero-order valence-corrected chi connectivity index (χ0v) is 18.3. The van der Waals surface area contributed by atoms with Crippen molar-refractivity contribution in [2.24, 2.45) is 5.92 Å². The van der Waals surface area contributed by atoms with Gasteiger partial charge in [0.1, 0.15) is 5.54 Å². The van der Waals surface area contributed by atoms with Crippen molar-refractivity contribution in [3.63, 3.8) is 0 Å². The van der Waals surface area contributed by atoms with Gasteiger partial charge in [-0.15, -0.1) is 0 Å². The van der Waals surface area contributed by atoms with Crippen LogP contribution in [0.5, 0.6) is 0 Å². The minimum Gasteiger partial charge on any atom is -0.309 e. The molecule has 6 nitrogen and oxygen atoms in total. The highest BCUT2D eigenvalue weighted by Crippen LogP contribution is 2.39. The third-order valence-electron chi connectivity index (χ3n) is 6.37. The van der Waals surface area contributed by atoms with Crippen LogP contribution >= 0.6 is 11.8 Å². The molecule has 0 bridgehead atoms. The van der Waals surface area contributed by atoms with Gasteiger partial charge in [-0.3, -0.25) is 14.6 Å². The van der Waals surface area contributed by atoms with Crippen LogP contribution in [0, 0.1) is 5.92 Å². The number of carbonyl (C=O) groups is 2. The van der Waals surface area contributed by atoms with Crippen LogP contribution in [0.2, 0.25) is 0 Å². The fourth-order valence-electron chi connectivity index (χ4n) is 4.53. The van der Waals surface area contributed by atoms with Crippen LogP contribution < -0.4 is 0 Å². The molecule has 154 valence electrons. The van der Waals surface area contributed by atoms with E-state index in [4.69, 9.17) is 0 Å². The van der Waals surface area contributed by atoms with Crippen molar-refractivity contribution in [1.82, 2.24) is 19.6 Å². The maximum absolute atomic E-state index is 13.4. The average Bonchev–Trinajstić information content (AvgIpc) is 3.21. The topological polar surface area (TPSA) is 47.1 Å². The van der Waals surface area contributed by atoms with E-state index in [-0.39, 0.29) is 11.9 Å². The summed E-state index contributed by atoms with van der Waals surface area (Å²) in [5.74, 6) is 3.05. The number of hydrogen-bond donors (Lipinski definition) is 0. The van der Waals surface area contributed by atoms with E-state index < -0.39 is 5.54 Å². The molecule has 0 aliphatic carbocycles. The minimum atomic E-state index is -0.597. The van der Waals surface area contributed by atoms with Crippen LogP contribution in [0.1, 0.15) is 39.5 Å². The van der Waals surface area contributed by atoms with E-state index in [2.05, 4.69) is 18.7 Å². The lowest BCUT2D eigenvalue weighted by atomic mass is 9.85. The van der Waals surface area contributed by atoms with E-state index in [9.17, 15) is 9.59 Å². The number of rotatable bonds is 7. The molecule has 3 fully saturated rings. The number of amides is 3. The van der Waals surface area contributed by atoms with E-state index in [1.807, 2.05) is 35.7 Å². The molecule has 7 heteroatoms. The van der Waals surface area contributed by atoms with E-state index in [1.165, 1.54) is 22.8 Å². The molecule has 27 heavy (non-hydrogen) atoms. The van der Waals surface area contributed by atoms with Gasteiger partial charge in [-0.25, -0.2) is 4.79 Å². The van der Waals surface area contributed by atoms with Gasteiger partial charge in [0.25, 0.3) is 5.91 Å². The molecule has 1 atom stereocenters. The number of likely N-dealkylation sites (N-methyl/N-ethyl adjacent to an activating group) is 1. The second kappa shape index (κ2) is 8.70. The first-order valence-electron chi connectivity index (χ1n) is 10.5. The molecule has 0 aromatic heterocycles. The highest BCUT2D eigenvalue weighted by molar-refractivity contribution is 7.99. The third kappa shape index (κ3) is 4.30. The van der Waals surface area contributed by atoms with Crippen molar-refractivity contribution in [3.8, 4) is 0 Å². The normalized spacial score (nSPS) is 26.4. The van der Waals surface area contributed by atoms with Crippen LogP contribution in [-0.4, -0.2) is 101 Å². The van der Waals surface area contributed by atoms with E-state index in [0.29, 0.717) is 25.0 Å². The highest BCUT2D eigenvalue weighted by atomic mass is 32.2. The predicted molar refractivity (Wildman–Crippen MR) is 111 cm³/mol. The number of imide groups is 1. The summed E-state index contributed by atoms with van der Waals surface area (Å²) in [6.45, 7) is 8.14. The Hall–Kier alpha value is -0.790. The number of thioether (sulfide) groups is 1. The lowest BCUT2D eigenvalue weighted by Crippen LogP contribution is -2.58. The Balaban J connectivity index is 1.74. The lowest BCUT2D eigenvalue weighted by Gasteiger charge is -2.44. The summed E-state index contributed by atoms with van der Waals surface area (Å²) in [5.41, 5.74) is -0.597. The molecule has 3 aliphatic rings. The Bertz CT molecular complexity index is 540. The van der Waals surface area contributed by atoms with E-state index in [0.717, 1.165) is 38.9 Å². The van der Waals surface area contributed by atoms with Crippen molar-refractivity contribution >= 4 is 23.7 Å². The Morgan fingerprint density at radius 1 is 1.19 bits per heavy atom. The summed E-state index contributed by atoms with van der Waals surface area (Å²) in [6, 6.07) is 0.598. The number of urea groups is 1. The number of piperidine rings is 1. The zero-order chi connectivity index (χ0) is 19.6. The van der Waals surface area contributed by atoms with Crippen molar-refractivity contribution in [2.45, 2.75) is 51.1 Å². The first kappa shape index (κ1) is 20.9. The largest absolute Gasteiger partial charge is 0.327 e. The molecule has 0 aromatic rings. The van der Waals surface area contributed by atoms with Gasteiger partial charge in [0.15, 0.2) is 0 Å². The maximum atomic E-state index is 13.4. The smallest absolute Gasteiger partial charge is 0.309 e. The Labute approximate surface area is 168 Å². The maximum Gasteiger partial charge on any atom is 0.327 e. The van der Waals surface area contributed by atoms with Crippen LogP contribution in [0.25, 0.3) is 0 Å². The molecule has 0 N–H and O–H groups in total. The Kier molecular flexibility index (Phi) is 6.75. The average molecular weight is 397 g/mol. The Morgan fingerprint density at radius 2 is 1.89 bits per heavy atom. The number of likely N-dealkylation sites (tertiary alicyclic amines) is 1. The molecule has 3 saturated heterocycles. The molecule has 0 unspecified atom stereocenters.